The maximum atomic E-state index is 13.8. The molecule has 0 saturated carbocycles. The number of amides is 1. The maximum Gasteiger partial charge on any atom is 0.335 e. The van der Waals surface area contributed by atoms with Gasteiger partial charge in [0.2, 0.25) is 0 Å². The quantitative estimate of drug-likeness (QED) is 0.864. The third kappa shape index (κ3) is 2.90. The fourth-order valence-electron chi connectivity index (χ4n) is 2.00. The molecule has 5 nitrogen and oxygen atoms in total. The minimum atomic E-state index is -1.21. The van der Waals surface area contributed by atoms with Crippen molar-refractivity contribution in [2.24, 2.45) is 0 Å². The summed E-state index contributed by atoms with van der Waals surface area (Å²) in [5.41, 5.74) is -0.234. The summed E-state index contributed by atoms with van der Waals surface area (Å²) in [5, 5.41) is 8.75. The molecule has 19 heavy (non-hydrogen) atoms. The van der Waals surface area contributed by atoms with Gasteiger partial charge in [0.1, 0.15) is 5.82 Å². The molecule has 0 aromatic heterocycles. The molecule has 1 fully saturated rings. The van der Waals surface area contributed by atoms with Crippen LogP contribution in [-0.4, -0.2) is 60.0 Å². The Morgan fingerprint density at radius 3 is 2.37 bits per heavy atom. The van der Waals surface area contributed by atoms with Crippen molar-refractivity contribution >= 4 is 11.9 Å². The second-order valence-electron chi connectivity index (χ2n) is 4.60. The van der Waals surface area contributed by atoms with Crippen molar-refractivity contribution in [2.45, 2.75) is 0 Å². The van der Waals surface area contributed by atoms with E-state index in [1.54, 1.807) is 4.90 Å². The minimum absolute atomic E-state index is 0.0745. The van der Waals surface area contributed by atoms with Gasteiger partial charge in [-0.1, -0.05) is 0 Å². The van der Waals surface area contributed by atoms with Crippen LogP contribution >= 0.6 is 0 Å². The van der Waals surface area contributed by atoms with E-state index in [-0.39, 0.29) is 17.0 Å². The molecule has 1 saturated heterocycles. The lowest BCUT2D eigenvalue weighted by molar-refractivity contribution is 0.0654. The SMILES string of the molecule is CN1CCN(C(=O)c2ccc(C(=O)O)cc2F)CC1. The Labute approximate surface area is 110 Å². The van der Waals surface area contributed by atoms with Crippen molar-refractivity contribution in [1.82, 2.24) is 9.80 Å². The number of halogens is 1. The van der Waals surface area contributed by atoms with E-state index in [2.05, 4.69) is 4.90 Å². The standard InChI is InChI=1S/C13H15FN2O3/c1-15-4-6-16(7-5-15)12(17)10-3-2-9(13(18)19)8-11(10)14/h2-3,8H,4-7H2,1H3,(H,18,19). The summed E-state index contributed by atoms with van der Waals surface area (Å²) >= 11 is 0. The van der Waals surface area contributed by atoms with Crippen LogP contribution in [0.15, 0.2) is 18.2 Å². The fraction of sp³-hybridized carbons (Fsp3) is 0.385. The Hall–Kier alpha value is -1.95. The lowest BCUT2D eigenvalue weighted by atomic mass is 10.1. The molecule has 0 bridgehead atoms. The average Bonchev–Trinajstić information content (AvgIpc) is 2.38. The van der Waals surface area contributed by atoms with E-state index in [4.69, 9.17) is 5.11 Å². The lowest BCUT2D eigenvalue weighted by Gasteiger charge is -2.32. The van der Waals surface area contributed by atoms with Crippen molar-refractivity contribution < 1.29 is 19.1 Å². The first kappa shape index (κ1) is 13.5. The van der Waals surface area contributed by atoms with E-state index >= 15 is 0 Å². The molecule has 1 aromatic rings. The van der Waals surface area contributed by atoms with E-state index < -0.39 is 11.8 Å². The monoisotopic (exact) mass is 266 g/mol. The highest BCUT2D eigenvalue weighted by Crippen LogP contribution is 2.14. The Morgan fingerprint density at radius 1 is 1.21 bits per heavy atom. The Morgan fingerprint density at radius 2 is 1.84 bits per heavy atom. The number of nitrogens with zero attached hydrogens (tertiary/aromatic N) is 2. The van der Waals surface area contributed by atoms with Gasteiger partial charge in [-0.15, -0.1) is 0 Å². The van der Waals surface area contributed by atoms with Crippen LogP contribution in [0.25, 0.3) is 0 Å². The lowest BCUT2D eigenvalue weighted by Crippen LogP contribution is -2.47. The summed E-state index contributed by atoms with van der Waals surface area (Å²) < 4.78 is 13.8. The zero-order valence-electron chi connectivity index (χ0n) is 10.6. The third-order valence-electron chi connectivity index (χ3n) is 3.24. The number of rotatable bonds is 2. The van der Waals surface area contributed by atoms with Crippen molar-refractivity contribution in [2.75, 3.05) is 33.2 Å². The summed E-state index contributed by atoms with van der Waals surface area (Å²) in [5.74, 6) is -2.39. The van der Waals surface area contributed by atoms with Gasteiger partial charge >= 0.3 is 5.97 Å². The molecule has 1 aliphatic rings. The number of carbonyl (C=O) groups is 2. The number of aromatic carboxylic acids is 1. The van der Waals surface area contributed by atoms with Gasteiger partial charge in [-0.05, 0) is 25.2 Å². The van der Waals surface area contributed by atoms with Gasteiger partial charge in [0.25, 0.3) is 5.91 Å². The molecular formula is C13H15FN2O3. The molecule has 0 spiro atoms. The van der Waals surface area contributed by atoms with Crippen LogP contribution < -0.4 is 0 Å². The van der Waals surface area contributed by atoms with Crippen LogP contribution in [0, 0.1) is 5.82 Å². The number of piperazine rings is 1. The van der Waals surface area contributed by atoms with Gasteiger partial charge in [-0.2, -0.15) is 0 Å². The predicted molar refractivity (Wildman–Crippen MR) is 66.8 cm³/mol. The summed E-state index contributed by atoms with van der Waals surface area (Å²) in [6.45, 7) is 2.60. The summed E-state index contributed by atoms with van der Waals surface area (Å²) in [6, 6.07) is 3.36. The van der Waals surface area contributed by atoms with Crippen molar-refractivity contribution in [3.05, 3.63) is 35.1 Å². The summed E-state index contributed by atoms with van der Waals surface area (Å²) in [6.07, 6.45) is 0. The fourth-order valence-corrected chi connectivity index (χ4v) is 2.00. The molecule has 0 radical (unpaired) electrons. The highest BCUT2D eigenvalue weighted by atomic mass is 19.1. The van der Waals surface area contributed by atoms with E-state index in [1.807, 2.05) is 7.05 Å². The number of hydrogen-bond donors (Lipinski definition) is 1. The third-order valence-corrected chi connectivity index (χ3v) is 3.24. The molecule has 0 aliphatic carbocycles. The van der Waals surface area contributed by atoms with E-state index in [0.29, 0.717) is 13.1 Å². The van der Waals surface area contributed by atoms with Crippen LogP contribution in [-0.2, 0) is 0 Å². The molecule has 0 unspecified atom stereocenters. The molecule has 1 heterocycles. The van der Waals surface area contributed by atoms with E-state index in [1.165, 1.54) is 12.1 Å². The van der Waals surface area contributed by atoms with Crippen LogP contribution in [0.4, 0.5) is 4.39 Å². The van der Waals surface area contributed by atoms with E-state index in [9.17, 15) is 14.0 Å². The second kappa shape index (κ2) is 5.36. The molecule has 1 N–H and O–H groups in total. The minimum Gasteiger partial charge on any atom is -0.478 e. The number of carboxylic acid groups (broad SMARTS) is 1. The van der Waals surface area contributed by atoms with Crippen LogP contribution in [0.5, 0.6) is 0 Å². The zero-order valence-corrected chi connectivity index (χ0v) is 10.6. The van der Waals surface area contributed by atoms with Gasteiger partial charge in [-0.25, -0.2) is 9.18 Å². The first-order valence-electron chi connectivity index (χ1n) is 5.99. The predicted octanol–water partition coefficient (Wildman–Crippen LogP) is 0.912. The maximum absolute atomic E-state index is 13.8. The molecule has 2 rings (SSSR count). The first-order valence-corrected chi connectivity index (χ1v) is 5.99. The van der Waals surface area contributed by atoms with Crippen LogP contribution in [0.2, 0.25) is 0 Å². The normalized spacial score (nSPS) is 16.4. The molecule has 1 aliphatic heterocycles. The van der Waals surface area contributed by atoms with Gasteiger partial charge in [0.15, 0.2) is 0 Å². The number of hydrogen-bond acceptors (Lipinski definition) is 3. The van der Waals surface area contributed by atoms with Crippen LogP contribution in [0.1, 0.15) is 20.7 Å². The second-order valence-corrected chi connectivity index (χ2v) is 4.60. The van der Waals surface area contributed by atoms with Crippen molar-refractivity contribution in [1.29, 1.82) is 0 Å². The highest BCUT2D eigenvalue weighted by molar-refractivity contribution is 5.96. The van der Waals surface area contributed by atoms with Gasteiger partial charge < -0.3 is 14.9 Å². The number of likely N-dealkylation sites (N-methyl/N-ethyl adjacent to an activating group) is 1. The van der Waals surface area contributed by atoms with Gasteiger partial charge in [-0.3, -0.25) is 4.79 Å². The topological polar surface area (TPSA) is 60.9 Å². The summed E-state index contributed by atoms with van der Waals surface area (Å²) in [7, 11) is 1.96. The number of carbonyl (C=O) groups excluding carboxylic acids is 1. The molecule has 102 valence electrons. The first-order chi connectivity index (χ1) is 8.99. The molecular weight excluding hydrogens is 251 g/mol. The molecule has 6 heteroatoms. The molecule has 1 aromatic carbocycles. The Bertz CT molecular complexity index is 511. The zero-order chi connectivity index (χ0) is 14.0. The number of carboxylic acids is 1. The van der Waals surface area contributed by atoms with Gasteiger partial charge in [0.05, 0.1) is 11.1 Å². The molecule has 1 amide bonds. The van der Waals surface area contributed by atoms with Gasteiger partial charge in [0, 0.05) is 26.2 Å². The van der Waals surface area contributed by atoms with Crippen LogP contribution in [0.3, 0.4) is 0 Å². The molecule has 0 atom stereocenters. The number of benzene rings is 1. The Kier molecular flexibility index (Phi) is 3.80. The largest absolute Gasteiger partial charge is 0.478 e. The van der Waals surface area contributed by atoms with E-state index in [0.717, 1.165) is 19.2 Å². The van der Waals surface area contributed by atoms with Crippen molar-refractivity contribution in [3.63, 3.8) is 0 Å². The average molecular weight is 266 g/mol. The highest BCUT2D eigenvalue weighted by Gasteiger charge is 2.23. The Balaban J connectivity index is 2.17. The van der Waals surface area contributed by atoms with Crippen molar-refractivity contribution in [3.8, 4) is 0 Å². The summed E-state index contributed by atoms with van der Waals surface area (Å²) in [4.78, 5) is 26.5. The smallest absolute Gasteiger partial charge is 0.335 e.